The number of amides is 2. The topological polar surface area (TPSA) is 80.8 Å². The molecule has 0 unspecified atom stereocenters. The third-order valence-electron chi connectivity index (χ3n) is 4.08. The number of likely N-dealkylation sites (tertiary alicyclic amines) is 1. The Labute approximate surface area is 166 Å². The standard InChI is InChI=1S/C19H20F3N3O4.H2/c1-19(2,3)29-18(27)25-8-12(9-25)24-16(26)11-4-10-5-13(20)15(28-17(21)22)6-14(10)23-7-11;/h4-7,12,17H,8-9H2,1-3H3,(H,24,26);1H. The molecule has 1 aliphatic rings. The molecule has 0 radical (unpaired) electrons. The predicted molar refractivity (Wildman–Crippen MR) is 99.5 cm³/mol. The third kappa shape index (κ3) is 5.07. The maximum atomic E-state index is 13.9. The van der Waals surface area contributed by atoms with E-state index in [1.807, 2.05) is 0 Å². The van der Waals surface area contributed by atoms with Crippen molar-refractivity contribution in [1.29, 1.82) is 0 Å². The van der Waals surface area contributed by atoms with E-state index in [2.05, 4.69) is 15.0 Å². The molecule has 0 aliphatic carbocycles. The highest BCUT2D eigenvalue weighted by molar-refractivity contribution is 5.97. The lowest BCUT2D eigenvalue weighted by Gasteiger charge is -2.39. The maximum Gasteiger partial charge on any atom is 0.410 e. The van der Waals surface area contributed by atoms with E-state index in [4.69, 9.17) is 4.74 Å². The number of rotatable bonds is 4. The minimum atomic E-state index is -3.16. The summed E-state index contributed by atoms with van der Waals surface area (Å²) in [7, 11) is 0. The van der Waals surface area contributed by atoms with Crippen molar-refractivity contribution in [3.05, 3.63) is 35.8 Å². The predicted octanol–water partition coefficient (Wildman–Crippen LogP) is 3.57. The van der Waals surface area contributed by atoms with Crippen molar-refractivity contribution < 1.29 is 33.7 Å². The minimum Gasteiger partial charge on any atom is -0.444 e. The highest BCUT2D eigenvalue weighted by Crippen LogP contribution is 2.25. The first-order chi connectivity index (χ1) is 13.5. The minimum absolute atomic E-state index is 0. The number of hydrogen-bond acceptors (Lipinski definition) is 5. The molecule has 2 heterocycles. The quantitative estimate of drug-likeness (QED) is 0.829. The molecule has 10 heteroatoms. The Kier molecular flexibility index (Phi) is 5.54. The number of aromatic nitrogens is 1. The van der Waals surface area contributed by atoms with Crippen LogP contribution in [0, 0.1) is 5.82 Å². The van der Waals surface area contributed by atoms with Gasteiger partial charge in [0, 0.05) is 32.2 Å². The number of pyridine rings is 1. The molecule has 29 heavy (non-hydrogen) atoms. The van der Waals surface area contributed by atoms with E-state index >= 15 is 0 Å². The van der Waals surface area contributed by atoms with Crippen LogP contribution < -0.4 is 10.1 Å². The number of nitrogens with zero attached hydrogens (tertiary/aromatic N) is 2. The van der Waals surface area contributed by atoms with E-state index in [0.29, 0.717) is 13.1 Å². The number of nitrogens with one attached hydrogen (secondary N) is 1. The first kappa shape index (κ1) is 20.7. The summed E-state index contributed by atoms with van der Waals surface area (Å²) < 4.78 is 47.8. The Balaban J connectivity index is 0.00000320. The molecule has 1 aliphatic heterocycles. The van der Waals surface area contributed by atoms with Gasteiger partial charge in [0.25, 0.3) is 5.91 Å². The summed E-state index contributed by atoms with van der Waals surface area (Å²) in [5, 5.41) is 3.02. The summed E-state index contributed by atoms with van der Waals surface area (Å²) in [5.41, 5.74) is -0.217. The van der Waals surface area contributed by atoms with Crippen LogP contribution in [-0.4, -0.2) is 53.2 Å². The van der Waals surface area contributed by atoms with Crippen molar-refractivity contribution in [1.82, 2.24) is 15.2 Å². The molecule has 0 saturated carbocycles. The molecule has 1 aromatic carbocycles. The van der Waals surface area contributed by atoms with Crippen molar-refractivity contribution in [3.8, 4) is 5.75 Å². The molecule has 1 aromatic heterocycles. The molecular weight excluding hydrogens is 391 g/mol. The normalized spacial score (nSPS) is 14.7. The van der Waals surface area contributed by atoms with Gasteiger partial charge >= 0.3 is 12.7 Å². The zero-order chi connectivity index (χ0) is 21.3. The van der Waals surface area contributed by atoms with Crippen LogP contribution in [0.3, 0.4) is 0 Å². The summed E-state index contributed by atoms with van der Waals surface area (Å²) in [5.74, 6) is -2.04. The molecule has 2 amide bonds. The average molecular weight is 413 g/mol. The molecule has 1 N–H and O–H groups in total. The van der Waals surface area contributed by atoms with Crippen molar-refractivity contribution in [2.75, 3.05) is 13.1 Å². The second-order valence-electron chi connectivity index (χ2n) is 7.63. The number of hydrogen-bond donors (Lipinski definition) is 1. The van der Waals surface area contributed by atoms with Gasteiger partial charge in [-0.05, 0) is 32.9 Å². The van der Waals surface area contributed by atoms with Crippen LogP contribution in [0.2, 0.25) is 0 Å². The average Bonchev–Trinajstić information content (AvgIpc) is 2.55. The van der Waals surface area contributed by atoms with Gasteiger partial charge in [0.2, 0.25) is 0 Å². The molecule has 3 rings (SSSR count). The van der Waals surface area contributed by atoms with E-state index in [-0.39, 0.29) is 23.9 Å². The molecule has 158 valence electrons. The number of fused-ring (bicyclic) bond motifs is 1. The van der Waals surface area contributed by atoms with E-state index in [9.17, 15) is 22.8 Å². The van der Waals surface area contributed by atoms with Crippen LogP contribution in [-0.2, 0) is 4.74 Å². The van der Waals surface area contributed by atoms with Crippen molar-refractivity contribution >= 4 is 22.9 Å². The SMILES string of the molecule is CC(C)(C)OC(=O)N1CC(NC(=O)c2cnc3cc(OC(F)F)c(F)cc3c2)C1.[HH]. The van der Waals surface area contributed by atoms with Crippen molar-refractivity contribution in [2.45, 2.75) is 39.0 Å². The number of carbonyl (C=O) groups is 2. The Morgan fingerprint density at radius 3 is 2.59 bits per heavy atom. The number of benzene rings is 1. The number of halogens is 3. The van der Waals surface area contributed by atoms with E-state index in [1.165, 1.54) is 17.2 Å². The fraction of sp³-hybridized carbons (Fsp3) is 0.421. The fourth-order valence-corrected chi connectivity index (χ4v) is 2.75. The number of ether oxygens (including phenoxy) is 2. The third-order valence-corrected chi connectivity index (χ3v) is 4.08. The number of carbonyl (C=O) groups excluding carboxylic acids is 2. The summed E-state index contributed by atoms with van der Waals surface area (Å²) in [6, 6.07) is 3.18. The van der Waals surface area contributed by atoms with Crippen LogP contribution in [0.15, 0.2) is 24.4 Å². The second kappa shape index (κ2) is 7.76. The zero-order valence-corrected chi connectivity index (χ0v) is 16.0. The van der Waals surface area contributed by atoms with Gasteiger partial charge in [0.05, 0.1) is 17.1 Å². The lowest BCUT2D eigenvalue weighted by molar-refractivity contribution is -0.0521. The van der Waals surface area contributed by atoms with Crippen LogP contribution in [0.4, 0.5) is 18.0 Å². The van der Waals surface area contributed by atoms with Gasteiger partial charge in [-0.1, -0.05) is 0 Å². The first-order valence-electron chi connectivity index (χ1n) is 8.85. The number of alkyl halides is 2. The van der Waals surface area contributed by atoms with Crippen LogP contribution in [0.5, 0.6) is 5.75 Å². The summed E-state index contributed by atoms with van der Waals surface area (Å²) in [6.07, 6.45) is 0.805. The van der Waals surface area contributed by atoms with E-state index in [1.54, 1.807) is 20.8 Å². The van der Waals surface area contributed by atoms with Crippen LogP contribution in [0.25, 0.3) is 10.9 Å². The van der Waals surface area contributed by atoms with E-state index in [0.717, 1.165) is 12.1 Å². The van der Waals surface area contributed by atoms with Crippen LogP contribution in [0.1, 0.15) is 32.6 Å². The molecule has 0 atom stereocenters. The lowest BCUT2D eigenvalue weighted by Crippen LogP contribution is -2.61. The zero-order valence-electron chi connectivity index (χ0n) is 16.0. The largest absolute Gasteiger partial charge is 0.444 e. The highest BCUT2D eigenvalue weighted by Gasteiger charge is 2.34. The van der Waals surface area contributed by atoms with Gasteiger partial charge in [-0.25, -0.2) is 9.18 Å². The molecule has 1 fully saturated rings. The van der Waals surface area contributed by atoms with Gasteiger partial charge in [-0.15, -0.1) is 0 Å². The molecule has 0 bridgehead atoms. The smallest absolute Gasteiger partial charge is 0.410 e. The Bertz CT molecular complexity index is 947. The molecule has 0 spiro atoms. The van der Waals surface area contributed by atoms with Gasteiger partial charge in [0.1, 0.15) is 5.60 Å². The lowest BCUT2D eigenvalue weighted by atomic mass is 10.1. The second-order valence-corrected chi connectivity index (χ2v) is 7.63. The van der Waals surface area contributed by atoms with Crippen molar-refractivity contribution in [2.24, 2.45) is 0 Å². The maximum absolute atomic E-state index is 13.9. The fourth-order valence-electron chi connectivity index (χ4n) is 2.75. The molecule has 7 nitrogen and oxygen atoms in total. The monoisotopic (exact) mass is 413 g/mol. The Hall–Kier alpha value is -3.04. The molecule has 1 saturated heterocycles. The summed E-state index contributed by atoms with van der Waals surface area (Å²) in [4.78, 5) is 29.8. The van der Waals surface area contributed by atoms with Gasteiger partial charge in [0.15, 0.2) is 11.6 Å². The molecular formula is C19H22F3N3O4. The highest BCUT2D eigenvalue weighted by atomic mass is 19.3. The van der Waals surface area contributed by atoms with Crippen molar-refractivity contribution in [3.63, 3.8) is 0 Å². The first-order valence-corrected chi connectivity index (χ1v) is 8.85. The van der Waals surface area contributed by atoms with Gasteiger partial charge in [-0.3, -0.25) is 9.78 Å². The van der Waals surface area contributed by atoms with Gasteiger partial charge < -0.3 is 19.7 Å². The molecule has 2 aromatic rings. The van der Waals surface area contributed by atoms with Crippen LogP contribution >= 0.6 is 0 Å². The summed E-state index contributed by atoms with van der Waals surface area (Å²) >= 11 is 0. The van der Waals surface area contributed by atoms with E-state index < -0.39 is 35.8 Å². The summed E-state index contributed by atoms with van der Waals surface area (Å²) in [6.45, 7) is 2.76. The Morgan fingerprint density at radius 1 is 1.28 bits per heavy atom. The Morgan fingerprint density at radius 2 is 1.97 bits per heavy atom. The van der Waals surface area contributed by atoms with Gasteiger partial charge in [-0.2, -0.15) is 8.78 Å².